The van der Waals surface area contributed by atoms with Gasteiger partial charge in [0.05, 0.1) is 6.54 Å². The normalized spacial score (nSPS) is 17.6. The SMILES string of the molecule is CNc1c(Cl)ncnc1NC1CCc2nc(C)nn2C1. The number of rotatable bonds is 3. The molecular formula is C12H16ClN7. The number of halogens is 1. The number of hydrogen-bond donors (Lipinski definition) is 2. The molecule has 0 aromatic carbocycles. The van der Waals surface area contributed by atoms with Crippen molar-refractivity contribution in [2.24, 2.45) is 0 Å². The Labute approximate surface area is 121 Å². The molecule has 0 amide bonds. The summed E-state index contributed by atoms with van der Waals surface area (Å²) >= 11 is 6.05. The van der Waals surface area contributed by atoms with Gasteiger partial charge in [0, 0.05) is 19.5 Å². The van der Waals surface area contributed by atoms with Gasteiger partial charge in [-0.1, -0.05) is 11.6 Å². The largest absolute Gasteiger partial charge is 0.383 e. The molecule has 8 heteroatoms. The number of hydrogen-bond acceptors (Lipinski definition) is 6. The monoisotopic (exact) mass is 293 g/mol. The molecule has 0 saturated heterocycles. The van der Waals surface area contributed by atoms with E-state index in [1.165, 1.54) is 6.33 Å². The molecule has 2 aromatic rings. The van der Waals surface area contributed by atoms with Crippen molar-refractivity contribution >= 4 is 23.1 Å². The molecule has 1 aliphatic heterocycles. The Morgan fingerprint density at radius 2 is 2.25 bits per heavy atom. The molecule has 0 bridgehead atoms. The first kappa shape index (κ1) is 13.1. The van der Waals surface area contributed by atoms with Crippen LogP contribution in [0.25, 0.3) is 0 Å². The molecule has 0 radical (unpaired) electrons. The van der Waals surface area contributed by atoms with E-state index in [-0.39, 0.29) is 6.04 Å². The molecule has 0 fully saturated rings. The molecule has 20 heavy (non-hydrogen) atoms. The summed E-state index contributed by atoms with van der Waals surface area (Å²) in [6.45, 7) is 2.69. The van der Waals surface area contributed by atoms with Crippen molar-refractivity contribution in [2.75, 3.05) is 17.7 Å². The highest BCUT2D eigenvalue weighted by molar-refractivity contribution is 6.32. The van der Waals surface area contributed by atoms with Gasteiger partial charge in [-0.3, -0.25) is 0 Å². The summed E-state index contributed by atoms with van der Waals surface area (Å²) in [6, 6.07) is 0.252. The second-order valence-electron chi connectivity index (χ2n) is 4.78. The zero-order chi connectivity index (χ0) is 14.1. The maximum atomic E-state index is 6.05. The van der Waals surface area contributed by atoms with Gasteiger partial charge >= 0.3 is 0 Å². The van der Waals surface area contributed by atoms with E-state index < -0.39 is 0 Å². The van der Waals surface area contributed by atoms with Crippen LogP contribution in [0.1, 0.15) is 18.1 Å². The van der Waals surface area contributed by atoms with Crippen LogP contribution in [0.3, 0.4) is 0 Å². The molecule has 2 aromatic heterocycles. The molecule has 0 spiro atoms. The first-order valence-electron chi connectivity index (χ1n) is 6.52. The molecule has 0 saturated carbocycles. The Hall–Kier alpha value is -1.89. The average Bonchev–Trinajstić information content (AvgIpc) is 2.78. The molecule has 3 rings (SSSR count). The predicted molar refractivity (Wildman–Crippen MR) is 77.1 cm³/mol. The van der Waals surface area contributed by atoms with Gasteiger partial charge in [-0.05, 0) is 13.3 Å². The molecule has 3 heterocycles. The fourth-order valence-corrected chi connectivity index (χ4v) is 2.67. The Kier molecular flexibility index (Phi) is 3.43. The summed E-state index contributed by atoms with van der Waals surface area (Å²) in [5.41, 5.74) is 0.717. The van der Waals surface area contributed by atoms with Gasteiger partial charge < -0.3 is 10.6 Å². The van der Waals surface area contributed by atoms with Crippen molar-refractivity contribution in [3.8, 4) is 0 Å². The number of aryl methyl sites for hydroxylation is 2. The van der Waals surface area contributed by atoms with E-state index in [9.17, 15) is 0 Å². The molecule has 1 aliphatic rings. The number of anilines is 2. The van der Waals surface area contributed by atoms with Crippen molar-refractivity contribution < 1.29 is 0 Å². The fourth-order valence-electron chi connectivity index (χ4n) is 2.44. The molecule has 0 aliphatic carbocycles. The zero-order valence-electron chi connectivity index (χ0n) is 11.4. The van der Waals surface area contributed by atoms with E-state index in [0.717, 1.165) is 42.5 Å². The smallest absolute Gasteiger partial charge is 0.157 e. The van der Waals surface area contributed by atoms with Crippen molar-refractivity contribution in [2.45, 2.75) is 32.4 Å². The minimum absolute atomic E-state index is 0.252. The third-order valence-corrected chi connectivity index (χ3v) is 3.64. The van der Waals surface area contributed by atoms with Crippen LogP contribution in [0.5, 0.6) is 0 Å². The van der Waals surface area contributed by atoms with Crippen LogP contribution in [0.15, 0.2) is 6.33 Å². The van der Waals surface area contributed by atoms with Crippen LogP contribution in [0, 0.1) is 6.92 Å². The zero-order valence-corrected chi connectivity index (χ0v) is 12.1. The van der Waals surface area contributed by atoms with Gasteiger partial charge in [0.25, 0.3) is 0 Å². The Bertz CT molecular complexity index is 624. The highest BCUT2D eigenvalue weighted by atomic mass is 35.5. The molecule has 106 valence electrons. The summed E-state index contributed by atoms with van der Waals surface area (Å²) in [5.74, 6) is 2.59. The highest BCUT2D eigenvalue weighted by Crippen LogP contribution is 2.27. The minimum atomic E-state index is 0.252. The lowest BCUT2D eigenvalue weighted by atomic mass is 10.1. The van der Waals surface area contributed by atoms with Crippen LogP contribution in [0.4, 0.5) is 11.5 Å². The van der Waals surface area contributed by atoms with E-state index in [4.69, 9.17) is 11.6 Å². The number of aromatic nitrogens is 5. The van der Waals surface area contributed by atoms with Gasteiger partial charge in [-0.25, -0.2) is 19.6 Å². The fraction of sp³-hybridized carbons (Fsp3) is 0.500. The third kappa shape index (κ3) is 2.40. The van der Waals surface area contributed by atoms with Crippen LogP contribution in [-0.2, 0) is 13.0 Å². The van der Waals surface area contributed by atoms with Gasteiger partial charge in [-0.15, -0.1) is 0 Å². The molecule has 2 N–H and O–H groups in total. The predicted octanol–water partition coefficient (Wildman–Crippen LogP) is 1.50. The summed E-state index contributed by atoms with van der Waals surface area (Å²) in [5, 5.41) is 11.2. The summed E-state index contributed by atoms with van der Waals surface area (Å²) in [6.07, 6.45) is 3.36. The third-order valence-electron chi connectivity index (χ3n) is 3.36. The quantitative estimate of drug-likeness (QED) is 0.835. The lowest BCUT2D eigenvalue weighted by molar-refractivity contribution is 0.440. The van der Waals surface area contributed by atoms with E-state index >= 15 is 0 Å². The average molecular weight is 294 g/mol. The standard InChI is InChI=1S/C12H16ClN7/c1-7-17-9-4-3-8(5-20(9)19-7)18-12-10(14-2)11(13)15-6-16-12/h6,8,14H,3-5H2,1-2H3,(H,15,16,18). The Morgan fingerprint density at radius 3 is 3.05 bits per heavy atom. The first-order chi connectivity index (χ1) is 9.67. The summed E-state index contributed by atoms with van der Waals surface area (Å²) in [4.78, 5) is 12.6. The molecule has 7 nitrogen and oxygen atoms in total. The van der Waals surface area contributed by atoms with E-state index in [2.05, 4.69) is 30.7 Å². The van der Waals surface area contributed by atoms with Crippen molar-refractivity contribution in [1.29, 1.82) is 0 Å². The Morgan fingerprint density at radius 1 is 1.40 bits per heavy atom. The highest BCUT2D eigenvalue weighted by Gasteiger charge is 2.22. The van der Waals surface area contributed by atoms with Crippen molar-refractivity contribution in [3.05, 3.63) is 23.1 Å². The van der Waals surface area contributed by atoms with Crippen molar-refractivity contribution in [1.82, 2.24) is 24.7 Å². The lowest BCUT2D eigenvalue weighted by Gasteiger charge is -2.24. The van der Waals surface area contributed by atoms with E-state index in [0.29, 0.717) is 5.15 Å². The number of nitrogens with one attached hydrogen (secondary N) is 2. The minimum Gasteiger partial charge on any atom is -0.383 e. The van der Waals surface area contributed by atoms with Crippen LogP contribution < -0.4 is 10.6 Å². The maximum Gasteiger partial charge on any atom is 0.157 e. The Balaban J connectivity index is 1.78. The topological polar surface area (TPSA) is 80.6 Å². The van der Waals surface area contributed by atoms with E-state index in [1.54, 1.807) is 7.05 Å². The van der Waals surface area contributed by atoms with Gasteiger partial charge in [0.15, 0.2) is 11.0 Å². The second-order valence-corrected chi connectivity index (χ2v) is 5.13. The van der Waals surface area contributed by atoms with Crippen LogP contribution in [0.2, 0.25) is 5.15 Å². The van der Waals surface area contributed by atoms with Gasteiger partial charge in [-0.2, -0.15) is 5.10 Å². The van der Waals surface area contributed by atoms with Crippen LogP contribution in [-0.4, -0.2) is 37.8 Å². The molecular weight excluding hydrogens is 278 g/mol. The van der Waals surface area contributed by atoms with Crippen LogP contribution >= 0.6 is 11.6 Å². The number of fused-ring (bicyclic) bond motifs is 1. The summed E-state index contributed by atoms with van der Waals surface area (Å²) < 4.78 is 1.96. The van der Waals surface area contributed by atoms with Crippen molar-refractivity contribution in [3.63, 3.8) is 0 Å². The molecule has 1 atom stereocenters. The first-order valence-corrected chi connectivity index (χ1v) is 6.90. The lowest BCUT2D eigenvalue weighted by Crippen LogP contribution is -2.32. The van der Waals surface area contributed by atoms with Gasteiger partial charge in [0.2, 0.25) is 0 Å². The van der Waals surface area contributed by atoms with Gasteiger partial charge in [0.1, 0.15) is 23.7 Å². The van der Waals surface area contributed by atoms with E-state index in [1.807, 2.05) is 11.6 Å². The number of nitrogens with zero attached hydrogens (tertiary/aromatic N) is 5. The summed E-state index contributed by atoms with van der Waals surface area (Å²) in [7, 11) is 1.80. The maximum absolute atomic E-state index is 6.05. The molecule has 1 unspecified atom stereocenters. The second kappa shape index (κ2) is 5.24.